The number of rotatable bonds is 5. The minimum absolute atomic E-state index is 0.0886. The van der Waals surface area contributed by atoms with Gasteiger partial charge in [0.25, 0.3) is 5.91 Å². The third kappa shape index (κ3) is 5.73. The van der Waals surface area contributed by atoms with Crippen LogP contribution in [0.1, 0.15) is 32.6 Å². The van der Waals surface area contributed by atoms with Crippen LogP contribution in [0.2, 0.25) is 0 Å². The number of aliphatic carboxylic acids is 1. The number of carbonyl (C=O) groups is 3. The molecule has 1 aliphatic carbocycles. The highest BCUT2D eigenvalue weighted by atomic mass is 16.5. The quantitative estimate of drug-likeness (QED) is 0.516. The fourth-order valence-corrected chi connectivity index (χ4v) is 2.07. The molecule has 0 aromatic heterocycles. The Morgan fingerprint density at radius 3 is 2.45 bits per heavy atom. The van der Waals surface area contributed by atoms with E-state index >= 15 is 0 Å². The molecule has 3 N–H and O–H groups in total. The molecule has 0 heterocycles. The average Bonchev–Trinajstić information content (AvgIpc) is 2.39. The highest BCUT2D eigenvalue weighted by molar-refractivity contribution is 6.00. The molecule has 0 spiro atoms. The second-order valence-corrected chi connectivity index (χ2v) is 4.61. The predicted octanol–water partition coefficient (Wildman–Crippen LogP) is 1.01. The molecule has 0 bridgehead atoms. The highest BCUT2D eigenvalue weighted by Crippen LogP contribution is 2.24. The van der Waals surface area contributed by atoms with Crippen molar-refractivity contribution in [3.8, 4) is 0 Å². The molecule has 112 valence electrons. The summed E-state index contributed by atoms with van der Waals surface area (Å²) in [6, 6.07) is -0.663. The van der Waals surface area contributed by atoms with Crippen LogP contribution < -0.4 is 10.6 Å². The molecular weight excluding hydrogens is 264 g/mol. The van der Waals surface area contributed by atoms with E-state index in [1.165, 1.54) is 6.26 Å². The van der Waals surface area contributed by atoms with Gasteiger partial charge in [0.05, 0.1) is 18.8 Å². The Morgan fingerprint density at radius 2 is 1.90 bits per heavy atom. The van der Waals surface area contributed by atoms with Gasteiger partial charge in [0.1, 0.15) is 0 Å². The van der Waals surface area contributed by atoms with Crippen LogP contribution in [-0.4, -0.2) is 35.7 Å². The van der Waals surface area contributed by atoms with Crippen molar-refractivity contribution in [1.29, 1.82) is 0 Å². The molecule has 0 aromatic carbocycles. The number of urea groups is 1. The van der Waals surface area contributed by atoms with E-state index < -0.39 is 17.9 Å². The maximum Gasteiger partial charge on any atom is 0.321 e. The summed E-state index contributed by atoms with van der Waals surface area (Å²) in [5.74, 6) is -1.67. The van der Waals surface area contributed by atoms with Gasteiger partial charge in [-0.3, -0.25) is 14.9 Å². The molecule has 0 aliphatic heterocycles. The Morgan fingerprint density at radius 1 is 1.25 bits per heavy atom. The Kier molecular flexibility index (Phi) is 6.55. The molecule has 1 fully saturated rings. The van der Waals surface area contributed by atoms with Gasteiger partial charge in [0.15, 0.2) is 0 Å². The van der Waals surface area contributed by atoms with Crippen LogP contribution in [0.3, 0.4) is 0 Å². The van der Waals surface area contributed by atoms with Crippen molar-refractivity contribution in [2.45, 2.75) is 38.6 Å². The zero-order valence-electron chi connectivity index (χ0n) is 11.4. The lowest BCUT2D eigenvalue weighted by Gasteiger charge is -2.26. The second kappa shape index (κ2) is 8.19. The van der Waals surface area contributed by atoms with Gasteiger partial charge in [-0.1, -0.05) is 0 Å². The van der Waals surface area contributed by atoms with E-state index in [4.69, 9.17) is 9.84 Å². The Labute approximate surface area is 117 Å². The number of nitrogens with one attached hydrogen (secondary N) is 2. The van der Waals surface area contributed by atoms with Crippen LogP contribution in [-0.2, 0) is 14.3 Å². The Balaban J connectivity index is 2.26. The number of hydrogen-bond donors (Lipinski definition) is 3. The molecule has 1 rings (SSSR count). The van der Waals surface area contributed by atoms with Crippen LogP contribution in [0.4, 0.5) is 4.79 Å². The molecule has 3 amide bonds. The van der Waals surface area contributed by atoms with Crippen molar-refractivity contribution in [2.24, 2.45) is 5.92 Å². The van der Waals surface area contributed by atoms with Crippen molar-refractivity contribution >= 4 is 17.9 Å². The lowest BCUT2D eigenvalue weighted by molar-refractivity contribution is -0.142. The number of hydrogen-bond acceptors (Lipinski definition) is 4. The van der Waals surface area contributed by atoms with E-state index in [1.807, 2.05) is 0 Å². The first-order chi connectivity index (χ1) is 9.52. The van der Waals surface area contributed by atoms with Crippen molar-refractivity contribution in [2.75, 3.05) is 6.61 Å². The third-order valence-electron chi connectivity index (χ3n) is 3.13. The van der Waals surface area contributed by atoms with Crippen molar-refractivity contribution in [1.82, 2.24) is 10.6 Å². The molecule has 1 aliphatic rings. The first-order valence-electron chi connectivity index (χ1n) is 6.65. The van der Waals surface area contributed by atoms with Crippen LogP contribution in [0.25, 0.3) is 0 Å². The molecule has 7 nitrogen and oxygen atoms in total. The van der Waals surface area contributed by atoms with E-state index in [9.17, 15) is 14.4 Å². The molecule has 0 aromatic rings. The number of imide groups is 1. The van der Waals surface area contributed by atoms with Crippen LogP contribution in [0.5, 0.6) is 0 Å². The lowest BCUT2D eigenvalue weighted by atomic mass is 9.86. The van der Waals surface area contributed by atoms with Crippen molar-refractivity contribution < 1.29 is 24.2 Å². The summed E-state index contributed by atoms with van der Waals surface area (Å²) in [6.45, 7) is 2.23. The van der Waals surface area contributed by atoms with Crippen LogP contribution in [0, 0.1) is 5.92 Å². The normalized spacial score (nSPS) is 22.2. The highest BCUT2D eigenvalue weighted by Gasteiger charge is 2.26. The zero-order chi connectivity index (χ0) is 15.0. The third-order valence-corrected chi connectivity index (χ3v) is 3.13. The summed E-state index contributed by atoms with van der Waals surface area (Å²) in [7, 11) is 0. The molecule has 7 heteroatoms. The molecule has 20 heavy (non-hydrogen) atoms. The van der Waals surface area contributed by atoms with Crippen molar-refractivity contribution in [3.05, 3.63) is 12.3 Å². The number of carboxylic acids is 1. The van der Waals surface area contributed by atoms with Gasteiger partial charge < -0.3 is 15.2 Å². The monoisotopic (exact) mass is 284 g/mol. The maximum atomic E-state index is 11.5. The number of carbonyl (C=O) groups excluding carboxylic acids is 2. The molecule has 1 saturated carbocycles. The molecule has 0 radical (unpaired) electrons. The van der Waals surface area contributed by atoms with Gasteiger partial charge in [0, 0.05) is 12.1 Å². The van der Waals surface area contributed by atoms with Gasteiger partial charge in [-0.2, -0.15) is 0 Å². The maximum absolute atomic E-state index is 11.5. The van der Waals surface area contributed by atoms with Crippen LogP contribution in [0.15, 0.2) is 12.3 Å². The SMILES string of the molecule is CCOC=CC(=O)NC(=O)NC1CCC(C(=O)O)CC1. The second-order valence-electron chi connectivity index (χ2n) is 4.61. The molecular formula is C13H20N2O5. The summed E-state index contributed by atoms with van der Waals surface area (Å²) in [4.78, 5) is 33.6. The fourth-order valence-electron chi connectivity index (χ4n) is 2.07. The van der Waals surface area contributed by atoms with E-state index in [0.717, 1.165) is 6.08 Å². The first-order valence-corrected chi connectivity index (χ1v) is 6.65. The predicted molar refractivity (Wildman–Crippen MR) is 70.8 cm³/mol. The average molecular weight is 284 g/mol. The number of carboxylic acid groups (broad SMARTS) is 1. The summed E-state index contributed by atoms with van der Waals surface area (Å²) in [5.41, 5.74) is 0. The van der Waals surface area contributed by atoms with Gasteiger partial charge >= 0.3 is 12.0 Å². The number of ether oxygens (including phenoxy) is 1. The standard InChI is InChI=1S/C13H20N2O5/c1-2-20-8-7-11(16)15-13(19)14-10-5-3-9(4-6-10)12(17)18/h7-10H,2-6H2,1H3,(H,17,18)(H2,14,15,16,19). The summed E-state index contributed by atoms with van der Waals surface area (Å²) < 4.78 is 4.84. The van der Waals surface area contributed by atoms with E-state index in [2.05, 4.69) is 10.6 Å². The van der Waals surface area contributed by atoms with E-state index in [0.29, 0.717) is 32.3 Å². The topological polar surface area (TPSA) is 105 Å². The summed E-state index contributed by atoms with van der Waals surface area (Å²) >= 11 is 0. The largest absolute Gasteiger partial charge is 0.501 e. The summed E-state index contributed by atoms with van der Waals surface area (Å²) in [5, 5.41) is 13.7. The van der Waals surface area contributed by atoms with Crippen molar-refractivity contribution in [3.63, 3.8) is 0 Å². The van der Waals surface area contributed by atoms with Gasteiger partial charge in [-0.05, 0) is 32.6 Å². The van der Waals surface area contributed by atoms with Gasteiger partial charge in [-0.25, -0.2) is 4.79 Å². The molecule has 0 unspecified atom stereocenters. The Hall–Kier alpha value is -2.05. The van der Waals surface area contributed by atoms with E-state index in [-0.39, 0.29) is 12.0 Å². The zero-order valence-corrected chi connectivity index (χ0v) is 11.4. The van der Waals surface area contributed by atoms with Gasteiger partial charge in [0.2, 0.25) is 0 Å². The minimum Gasteiger partial charge on any atom is -0.501 e. The minimum atomic E-state index is -0.788. The van der Waals surface area contributed by atoms with Crippen LogP contribution >= 0.6 is 0 Å². The number of amides is 3. The molecule has 0 atom stereocenters. The smallest absolute Gasteiger partial charge is 0.321 e. The Bertz CT molecular complexity index is 386. The molecule has 0 saturated heterocycles. The lowest BCUT2D eigenvalue weighted by Crippen LogP contribution is -2.45. The van der Waals surface area contributed by atoms with Gasteiger partial charge in [-0.15, -0.1) is 0 Å². The van der Waals surface area contributed by atoms with E-state index in [1.54, 1.807) is 6.92 Å². The fraction of sp³-hybridized carbons (Fsp3) is 0.615. The first kappa shape index (κ1) is 16.0. The summed E-state index contributed by atoms with van der Waals surface area (Å²) in [6.07, 6.45) is 4.64.